The van der Waals surface area contributed by atoms with Gasteiger partial charge in [-0.2, -0.15) is 0 Å². The lowest BCUT2D eigenvalue weighted by Crippen LogP contribution is -2.02. The van der Waals surface area contributed by atoms with E-state index in [-0.39, 0.29) is 27.3 Å². The average Bonchev–Trinajstić information content (AvgIpc) is 2.75. The normalized spacial score (nSPS) is 10.5. The molecular weight excluding hydrogens is 331 g/mol. The van der Waals surface area contributed by atoms with Crippen molar-refractivity contribution in [2.75, 3.05) is 0 Å². The third kappa shape index (κ3) is 3.34. The van der Waals surface area contributed by atoms with Gasteiger partial charge in [0, 0.05) is 10.6 Å². The van der Waals surface area contributed by atoms with E-state index in [2.05, 4.69) is 0 Å². The summed E-state index contributed by atoms with van der Waals surface area (Å²) in [5.74, 6) is -0.697. The van der Waals surface area contributed by atoms with Crippen molar-refractivity contribution in [1.29, 1.82) is 0 Å². The SMILES string of the molecule is O=C(O)c1sccc1COc1c(Cl)cc(Cl)cc1Cl. The molecule has 0 spiro atoms. The highest BCUT2D eigenvalue weighted by Crippen LogP contribution is 2.36. The molecule has 0 fully saturated rings. The van der Waals surface area contributed by atoms with Gasteiger partial charge in [-0.05, 0) is 23.6 Å². The van der Waals surface area contributed by atoms with Crippen LogP contribution in [-0.4, -0.2) is 11.1 Å². The molecule has 1 N–H and O–H groups in total. The Kier molecular flexibility index (Phi) is 4.58. The summed E-state index contributed by atoms with van der Waals surface area (Å²) in [7, 11) is 0. The minimum absolute atomic E-state index is 0.0756. The highest BCUT2D eigenvalue weighted by molar-refractivity contribution is 7.12. The molecule has 7 heteroatoms. The molecule has 2 rings (SSSR count). The molecule has 0 radical (unpaired) electrons. The molecule has 0 amide bonds. The summed E-state index contributed by atoms with van der Waals surface area (Å²) in [6, 6.07) is 4.71. The van der Waals surface area contributed by atoms with Gasteiger partial charge in [-0.3, -0.25) is 0 Å². The van der Waals surface area contributed by atoms with Crippen molar-refractivity contribution in [3.63, 3.8) is 0 Å². The van der Waals surface area contributed by atoms with Crippen LogP contribution in [-0.2, 0) is 6.61 Å². The summed E-state index contributed by atoms with van der Waals surface area (Å²) in [5.41, 5.74) is 0.569. The Labute approximate surface area is 128 Å². The number of carboxylic acid groups (broad SMARTS) is 1. The molecule has 0 aliphatic heterocycles. The van der Waals surface area contributed by atoms with Crippen molar-refractivity contribution in [3.8, 4) is 5.75 Å². The quantitative estimate of drug-likeness (QED) is 0.855. The van der Waals surface area contributed by atoms with Gasteiger partial charge in [0.15, 0.2) is 5.75 Å². The van der Waals surface area contributed by atoms with Crippen molar-refractivity contribution >= 4 is 52.1 Å². The minimum atomic E-state index is -0.984. The van der Waals surface area contributed by atoms with Crippen LogP contribution in [0.5, 0.6) is 5.75 Å². The zero-order valence-electron chi connectivity index (χ0n) is 9.32. The summed E-state index contributed by atoms with van der Waals surface area (Å²) < 4.78 is 5.48. The largest absolute Gasteiger partial charge is 0.486 e. The zero-order valence-corrected chi connectivity index (χ0v) is 12.4. The molecule has 19 heavy (non-hydrogen) atoms. The smallest absolute Gasteiger partial charge is 0.346 e. The Morgan fingerprint density at radius 1 is 1.26 bits per heavy atom. The van der Waals surface area contributed by atoms with Crippen molar-refractivity contribution in [1.82, 2.24) is 0 Å². The molecule has 0 atom stereocenters. The molecular formula is C12H7Cl3O3S. The lowest BCUT2D eigenvalue weighted by Gasteiger charge is -2.10. The first-order valence-corrected chi connectivity index (χ1v) is 7.07. The van der Waals surface area contributed by atoms with Crippen molar-refractivity contribution in [2.45, 2.75) is 6.61 Å². The highest BCUT2D eigenvalue weighted by atomic mass is 35.5. The number of ether oxygens (including phenoxy) is 1. The summed E-state index contributed by atoms with van der Waals surface area (Å²) in [4.78, 5) is 11.2. The molecule has 1 heterocycles. The number of rotatable bonds is 4. The number of thiophene rings is 1. The van der Waals surface area contributed by atoms with Gasteiger partial charge in [0.05, 0.1) is 10.0 Å². The molecule has 0 saturated carbocycles. The van der Waals surface area contributed by atoms with Crippen molar-refractivity contribution < 1.29 is 14.6 Å². The number of carboxylic acids is 1. The van der Waals surface area contributed by atoms with Crippen LogP contribution in [0.4, 0.5) is 0 Å². The van der Waals surface area contributed by atoms with E-state index in [1.54, 1.807) is 11.4 Å². The molecule has 1 aromatic carbocycles. The summed E-state index contributed by atoms with van der Waals surface area (Å²) in [5, 5.41) is 11.6. The number of benzene rings is 1. The Morgan fingerprint density at radius 2 is 1.89 bits per heavy atom. The van der Waals surface area contributed by atoms with E-state index in [4.69, 9.17) is 44.6 Å². The molecule has 2 aromatic rings. The van der Waals surface area contributed by atoms with Gasteiger partial charge in [0.1, 0.15) is 11.5 Å². The summed E-state index contributed by atoms with van der Waals surface area (Å²) >= 11 is 18.9. The predicted octanol–water partition coefficient (Wildman–Crippen LogP) is 4.99. The number of hydrogen-bond acceptors (Lipinski definition) is 3. The maximum Gasteiger partial charge on any atom is 0.346 e. The van der Waals surface area contributed by atoms with Crippen LogP contribution in [0.2, 0.25) is 15.1 Å². The van der Waals surface area contributed by atoms with Gasteiger partial charge >= 0.3 is 5.97 Å². The van der Waals surface area contributed by atoms with E-state index in [1.807, 2.05) is 0 Å². The standard InChI is InChI=1S/C12H7Cl3O3S/c13-7-3-8(14)10(9(15)4-7)18-5-6-1-2-19-11(6)12(16)17/h1-4H,5H2,(H,16,17). The predicted molar refractivity (Wildman–Crippen MR) is 77.1 cm³/mol. The van der Waals surface area contributed by atoms with Gasteiger partial charge in [-0.15, -0.1) is 11.3 Å². The van der Waals surface area contributed by atoms with Crippen LogP contribution in [0, 0.1) is 0 Å². The maximum atomic E-state index is 11.0. The van der Waals surface area contributed by atoms with Crippen molar-refractivity contribution in [3.05, 3.63) is 49.1 Å². The number of aromatic carboxylic acids is 1. The maximum absolute atomic E-state index is 11.0. The van der Waals surface area contributed by atoms with Crippen LogP contribution >= 0.6 is 46.1 Å². The molecule has 100 valence electrons. The third-order valence-electron chi connectivity index (χ3n) is 2.28. The van der Waals surface area contributed by atoms with E-state index in [9.17, 15) is 4.79 Å². The summed E-state index contributed by atoms with van der Waals surface area (Å²) in [6.07, 6.45) is 0. The van der Waals surface area contributed by atoms with E-state index in [0.29, 0.717) is 10.6 Å². The zero-order chi connectivity index (χ0) is 14.0. The van der Waals surface area contributed by atoms with Gasteiger partial charge in [-0.1, -0.05) is 34.8 Å². The lowest BCUT2D eigenvalue weighted by molar-refractivity contribution is 0.0699. The van der Waals surface area contributed by atoms with Gasteiger partial charge in [-0.25, -0.2) is 4.79 Å². The van der Waals surface area contributed by atoms with Gasteiger partial charge in [0.25, 0.3) is 0 Å². The molecule has 0 unspecified atom stereocenters. The average molecular weight is 338 g/mol. The molecule has 0 saturated heterocycles. The van der Waals surface area contributed by atoms with Crippen LogP contribution in [0.25, 0.3) is 0 Å². The van der Waals surface area contributed by atoms with Crippen molar-refractivity contribution in [2.24, 2.45) is 0 Å². The van der Waals surface area contributed by atoms with Crippen LogP contribution in [0.15, 0.2) is 23.6 Å². The van der Waals surface area contributed by atoms with Gasteiger partial charge in [0.2, 0.25) is 0 Å². The van der Waals surface area contributed by atoms with E-state index < -0.39 is 5.97 Å². The monoisotopic (exact) mass is 336 g/mol. The van der Waals surface area contributed by atoms with Crippen LogP contribution in [0.3, 0.4) is 0 Å². The Morgan fingerprint density at radius 3 is 2.47 bits per heavy atom. The fourth-order valence-electron chi connectivity index (χ4n) is 1.45. The van der Waals surface area contributed by atoms with Crippen LogP contribution in [0.1, 0.15) is 15.2 Å². The fourth-order valence-corrected chi connectivity index (χ4v) is 3.13. The number of halogens is 3. The number of carbonyl (C=O) groups is 1. The van der Waals surface area contributed by atoms with Gasteiger partial charge < -0.3 is 9.84 Å². The van der Waals surface area contributed by atoms with E-state index >= 15 is 0 Å². The second-order valence-electron chi connectivity index (χ2n) is 3.57. The van der Waals surface area contributed by atoms with E-state index in [0.717, 1.165) is 11.3 Å². The van der Waals surface area contributed by atoms with Crippen LogP contribution < -0.4 is 4.74 Å². The Balaban J connectivity index is 2.19. The van der Waals surface area contributed by atoms with E-state index in [1.165, 1.54) is 12.1 Å². The topological polar surface area (TPSA) is 46.5 Å². The second kappa shape index (κ2) is 6.01. The fraction of sp³-hybridized carbons (Fsp3) is 0.0833. The second-order valence-corrected chi connectivity index (χ2v) is 5.73. The molecule has 0 aliphatic carbocycles. The number of hydrogen-bond donors (Lipinski definition) is 1. The third-order valence-corrected chi connectivity index (χ3v) is 4.00. The molecule has 0 bridgehead atoms. The molecule has 3 nitrogen and oxygen atoms in total. The summed E-state index contributed by atoms with van der Waals surface area (Å²) in [6.45, 7) is 0.0756. The highest BCUT2D eigenvalue weighted by Gasteiger charge is 2.14. The molecule has 1 aromatic heterocycles. The minimum Gasteiger partial charge on any atom is -0.486 e. The first-order chi connectivity index (χ1) is 8.99. The first-order valence-electron chi connectivity index (χ1n) is 5.06. The Bertz CT molecular complexity index is 601. The molecule has 0 aliphatic rings. The Hall–Kier alpha value is -0.940. The lowest BCUT2D eigenvalue weighted by atomic mass is 10.2. The first kappa shape index (κ1) is 14.5.